The zero-order valence-corrected chi connectivity index (χ0v) is 72.1. The van der Waals surface area contributed by atoms with Crippen LogP contribution in [0.1, 0.15) is 218 Å². The van der Waals surface area contributed by atoms with E-state index in [9.17, 15) is 0 Å². The summed E-state index contributed by atoms with van der Waals surface area (Å²) in [6, 6.07) is 79.1. The van der Waals surface area contributed by atoms with Crippen molar-refractivity contribution >= 4 is 38.9 Å². The molecule has 0 atom stereocenters. The van der Waals surface area contributed by atoms with Crippen molar-refractivity contribution in [1.82, 2.24) is 28.4 Å². The third-order valence-electron chi connectivity index (χ3n) is 19.7. The fraction of sp³-hybridized carbons (Fsp3) is 0.485. The van der Waals surface area contributed by atoms with Gasteiger partial charge in [0.25, 0.3) is 0 Å². The second-order valence-corrected chi connectivity index (χ2v) is 34.9. The minimum Gasteiger partial charge on any atom is -0.372 e. The number of aryl methyl sites for hydroxylation is 2. The van der Waals surface area contributed by atoms with Gasteiger partial charge in [-0.3, -0.25) is 9.80 Å². The van der Waals surface area contributed by atoms with Crippen LogP contribution in [0.2, 0.25) is 0 Å². The molecule has 105 heavy (non-hydrogen) atoms. The van der Waals surface area contributed by atoms with Gasteiger partial charge in [0.05, 0.1) is 11.0 Å². The lowest BCUT2D eigenvalue weighted by atomic mass is 9.79. The van der Waals surface area contributed by atoms with Gasteiger partial charge < -0.3 is 28.4 Å². The zero-order chi connectivity index (χ0) is 79.0. The maximum absolute atomic E-state index is 2.68. The molecule has 7 aromatic carbocycles. The molecule has 0 amide bonds. The quantitative estimate of drug-likeness (QED) is 0.122. The highest BCUT2D eigenvalue weighted by molar-refractivity contribution is 6.16. The molecule has 10 aromatic rings. The van der Waals surface area contributed by atoms with E-state index >= 15 is 0 Å². The number of rotatable bonds is 12. The molecule has 8 heteroatoms. The van der Waals surface area contributed by atoms with E-state index in [1.807, 2.05) is 30.3 Å². The Labute approximate surface area is 642 Å². The number of piperidine rings is 1. The Kier molecular flexibility index (Phi) is 35.0. The molecule has 11 rings (SSSR count). The number of nitrogens with zero attached hydrogens (tertiary/aromatic N) is 8. The van der Waals surface area contributed by atoms with Crippen molar-refractivity contribution in [1.29, 1.82) is 0 Å². The molecular formula is C97H146N8. The summed E-state index contributed by atoms with van der Waals surface area (Å²) in [5.41, 5.74) is 15.3. The summed E-state index contributed by atoms with van der Waals surface area (Å²) < 4.78 is 7.09. The number of hydrogen-bond donors (Lipinski definition) is 0. The molecule has 0 aliphatic carbocycles. The summed E-state index contributed by atoms with van der Waals surface area (Å²) >= 11 is 0. The van der Waals surface area contributed by atoms with Crippen LogP contribution in [0.3, 0.4) is 0 Å². The van der Waals surface area contributed by atoms with Gasteiger partial charge in [-0.15, -0.1) is 0 Å². The molecule has 0 N–H and O–H groups in total. The number of para-hydroxylation sites is 5. The molecule has 0 unspecified atom stereocenters. The lowest BCUT2D eigenvalue weighted by Gasteiger charge is -2.55. The fourth-order valence-electron chi connectivity index (χ4n) is 15.1. The van der Waals surface area contributed by atoms with Gasteiger partial charge in [-0.1, -0.05) is 152 Å². The van der Waals surface area contributed by atoms with E-state index in [0.717, 1.165) is 0 Å². The van der Waals surface area contributed by atoms with Crippen molar-refractivity contribution in [3.05, 3.63) is 236 Å². The van der Waals surface area contributed by atoms with Crippen LogP contribution in [0.4, 0.5) is 17.1 Å². The SMILES string of the molecule is CC(C)(C)n1c2c(-c3ccccc3)cccc2c2cccc(-c3ccccc3)c21.CC(C)(C)n1cccc1.CC(C)N(C(C)C)C(C)C.CC(C)N(C)C.CC(C)N(C)c1ccccc1.CC(C)N(c1ccccc1)c1ccccc1.CC(C)N1C(C)(C)CCCC1(C)C.Cc1ccc(C)n1C(C)(C)C. The van der Waals surface area contributed by atoms with Crippen LogP contribution >= 0.6 is 0 Å². The molecule has 1 fully saturated rings. The van der Waals surface area contributed by atoms with Crippen LogP contribution in [0.5, 0.6) is 0 Å². The standard InChI is InChI=1S/C28H25N.C15H17N.C12H25N.C10H17N.C10H15N.C9H21N.C8H13N.C5H13N/c1-28(2,3)29-26-22(20-12-6-4-7-13-20)16-10-18-24(26)25-19-11-17-23(27(25)29)21-14-8-5-9-15-21;1-13(2)16(14-9-5-3-6-10-14)15-11-7-4-8-12-15;1-10(2)13-11(3,4)8-7-9-12(13,5)6;1-8-6-7-9(2)11(8)10(3,4)5;1-9(2)11(3)10-7-5-4-6-8-10;1-7(2)10(8(3)4)9(5)6;1-8(2,3)9-6-4-5-7-9;1-5(2)6(3)4/h4-19H,1-3H3;3-13H,1-2H3;10H,7-9H2,1-6H3;6-7H,1-5H3;4-9H,1-3H3;7-9H,1-6H3;4-7H,1-3H3;5H,1-4H3. The number of fused-ring (bicyclic) bond motifs is 3. The molecule has 0 bridgehead atoms. The molecule has 0 saturated carbocycles. The molecule has 3 aromatic heterocycles. The summed E-state index contributed by atoms with van der Waals surface area (Å²) in [5.74, 6) is 0. The maximum atomic E-state index is 2.68. The van der Waals surface area contributed by atoms with Crippen LogP contribution in [-0.2, 0) is 16.6 Å². The third-order valence-corrected chi connectivity index (χ3v) is 19.7. The molecule has 0 spiro atoms. The van der Waals surface area contributed by atoms with Gasteiger partial charge in [0.2, 0.25) is 0 Å². The molecular weight excluding hydrogens is 1280 g/mol. The number of benzene rings is 7. The van der Waals surface area contributed by atoms with Gasteiger partial charge >= 0.3 is 0 Å². The Morgan fingerprint density at radius 3 is 0.905 bits per heavy atom. The van der Waals surface area contributed by atoms with E-state index in [1.54, 1.807) is 0 Å². The first kappa shape index (κ1) is 89.8. The van der Waals surface area contributed by atoms with Gasteiger partial charge in [0.1, 0.15) is 0 Å². The number of likely N-dealkylation sites (tertiary alicyclic amines) is 1. The smallest absolute Gasteiger partial charge is 0.0576 e. The number of anilines is 3. The largest absolute Gasteiger partial charge is 0.372 e. The summed E-state index contributed by atoms with van der Waals surface area (Å²) in [7, 11) is 6.26. The van der Waals surface area contributed by atoms with E-state index in [4.69, 9.17) is 0 Å². The maximum Gasteiger partial charge on any atom is 0.0576 e. The predicted molar refractivity (Wildman–Crippen MR) is 469 cm³/mol. The van der Waals surface area contributed by atoms with Gasteiger partial charge in [-0.05, 0) is 306 Å². The number of aromatic nitrogens is 3. The third kappa shape index (κ3) is 27.0. The lowest BCUT2D eigenvalue weighted by Crippen LogP contribution is -2.61. The summed E-state index contributed by atoms with van der Waals surface area (Å²) in [5, 5.41) is 2.63. The van der Waals surface area contributed by atoms with E-state index in [1.165, 1.54) is 91.8 Å². The van der Waals surface area contributed by atoms with Crippen LogP contribution in [0, 0.1) is 13.8 Å². The van der Waals surface area contributed by atoms with Gasteiger partial charge in [0, 0.05) is 140 Å². The van der Waals surface area contributed by atoms with E-state index in [0.29, 0.717) is 53.4 Å². The highest BCUT2D eigenvalue weighted by Crippen LogP contribution is 2.44. The molecule has 0 radical (unpaired) electrons. The second-order valence-electron chi connectivity index (χ2n) is 34.9. The molecule has 1 aliphatic rings. The normalized spacial score (nSPS) is 13.5. The first-order valence-corrected chi connectivity index (χ1v) is 39.3. The average molecular weight is 1420 g/mol. The van der Waals surface area contributed by atoms with Gasteiger partial charge in [0.15, 0.2) is 0 Å². The summed E-state index contributed by atoms with van der Waals surface area (Å²) in [6.45, 7) is 65.2. The van der Waals surface area contributed by atoms with Crippen LogP contribution in [-0.4, -0.2) is 103 Å². The average Bonchev–Trinajstić information content (AvgIpc) is 1.56. The van der Waals surface area contributed by atoms with E-state index < -0.39 is 0 Å². The molecule has 8 nitrogen and oxygen atoms in total. The minimum absolute atomic E-state index is 0.0598. The first-order chi connectivity index (χ1) is 49.0. The summed E-state index contributed by atoms with van der Waals surface area (Å²) in [4.78, 5) is 11.9. The Morgan fingerprint density at radius 1 is 0.343 bits per heavy atom. The second kappa shape index (κ2) is 40.9. The zero-order valence-electron chi connectivity index (χ0n) is 72.1. The minimum atomic E-state index is -0.0598. The number of hydrogen-bond acceptors (Lipinski definition) is 5. The molecule has 1 aliphatic heterocycles. The highest BCUT2D eigenvalue weighted by atomic mass is 15.3. The Balaban J connectivity index is 0.000000268. The molecule has 4 heterocycles. The van der Waals surface area contributed by atoms with E-state index in [-0.39, 0.29) is 16.6 Å². The van der Waals surface area contributed by atoms with E-state index in [2.05, 4.69) is 455 Å². The van der Waals surface area contributed by atoms with Crippen molar-refractivity contribution in [2.75, 3.05) is 30.9 Å². The van der Waals surface area contributed by atoms with Crippen molar-refractivity contribution in [3.63, 3.8) is 0 Å². The lowest BCUT2D eigenvalue weighted by molar-refractivity contribution is -0.0508. The van der Waals surface area contributed by atoms with Crippen LogP contribution < -0.4 is 9.80 Å². The Morgan fingerprint density at radius 2 is 0.667 bits per heavy atom. The Bertz CT molecular complexity index is 3780. The fourth-order valence-corrected chi connectivity index (χ4v) is 15.1. The van der Waals surface area contributed by atoms with Gasteiger partial charge in [-0.2, -0.15) is 0 Å². The Hall–Kier alpha value is -7.62. The van der Waals surface area contributed by atoms with Crippen LogP contribution in [0.25, 0.3) is 44.1 Å². The monoisotopic (exact) mass is 1420 g/mol. The van der Waals surface area contributed by atoms with Gasteiger partial charge in [-0.25, -0.2) is 0 Å². The first-order valence-electron chi connectivity index (χ1n) is 39.3. The predicted octanol–water partition coefficient (Wildman–Crippen LogP) is 26.7. The molecule has 1 saturated heterocycles. The summed E-state index contributed by atoms with van der Waals surface area (Å²) in [6.07, 6.45) is 8.23. The highest BCUT2D eigenvalue weighted by Gasteiger charge is 2.42. The molecule has 574 valence electrons. The van der Waals surface area contributed by atoms with Crippen molar-refractivity contribution in [2.24, 2.45) is 0 Å². The van der Waals surface area contributed by atoms with Crippen molar-refractivity contribution in [2.45, 2.75) is 290 Å². The van der Waals surface area contributed by atoms with Crippen molar-refractivity contribution < 1.29 is 0 Å². The van der Waals surface area contributed by atoms with Crippen molar-refractivity contribution in [3.8, 4) is 22.3 Å². The topological polar surface area (TPSA) is 31.0 Å². The van der Waals surface area contributed by atoms with Crippen LogP contribution in [0.15, 0.2) is 225 Å².